The molecular formula is C17H23Cl2NO. The van der Waals surface area contributed by atoms with E-state index < -0.39 is 5.54 Å². The third-order valence-corrected chi connectivity index (χ3v) is 5.19. The van der Waals surface area contributed by atoms with E-state index in [0.717, 1.165) is 18.7 Å². The van der Waals surface area contributed by atoms with Crippen LogP contribution in [-0.4, -0.2) is 29.3 Å². The van der Waals surface area contributed by atoms with Crippen LogP contribution in [0, 0.1) is 0 Å². The fraction of sp³-hybridized carbons (Fsp3) is 0.588. The molecule has 1 aromatic rings. The minimum Gasteiger partial charge on any atom is -0.297 e. The van der Waals surface area contributed by atoms with Crippen molar-refractivity contribution in [3.05, 3.63) is 33.8 Å². The van der Waals surface area contributed by atoms with Crippen molar-refractivity contribution in [1.82, 2.24) is 4.90 Å². The lowest BCUT2D eigenvalue weighted by Crippen LogP contribution is -2.51. The van der Waals surface area contributed by atoms with Crippen LogP contribution < -0.4 is 0 Å². The van der Waals surface area contributed by atoms with Gasteiger partial charge in [-0.15, -0.1) is 0 Å². The predicted molar refractivity (Wildman–Crippen MR) is 89.3 cm³/mol. The van der Waals surface area contributed by atoms with E-state index in [-0.39, 0.29) is 5.78 Å². The first kappa shape index (κ1) is 16.8. The van der Waals surface area contributed by atoms with E-state index in [1.165, 1.54) is 25.7 Å². The lowest BCUT2D eigenvalue weighted by atomic mass is 9.91. The predicted octanol–water partition coefficient (Wildman–Crippen LogP) is 4.76. The summed E-state index contributed by atoms with van der Waals surface area (Å²) in [5.41, 5.74) is 0.279. The number of likely N-dealkylation sites (tertiary alicyclic amines) is 1. The first-order chi connectivity index (χ1) is 9.93. The van der Waals surface area contributed by atoms with Crippen LogP contribution in [0.15, 0.2) is 18.2 Å². The molecule has 1 saturated heterocycles. The number of rotatable bonds is 4. The summed E-state index contributed by atoms with van der Waals surface area (Å²) in [5, 5.41) is 1.14. The van der Waals surface area contributed by atoms with Gasteiger partial charge in [-0.3, -0.25) is 9.69 Å². The molecule has 0 saturated carbocycles. The van der Waals surface area contributed by atoms with Crippen LogP contribution in [0.2, 0.25) is 10.0 Å². The van der Waals surface area contributed by atoms with Crippen LogP contribution >= 0.6 is 23.2 Å². The van der Waals surface area contributed by atoms with Crippen molar-refractivity contribution in [3.8, 4) is 0 Å². The van der Waals surface area contributed by atoms with Gasteiger partial charge in [-0.2, -0.15) is 0 Å². The first-order valence-electron chi connectivity index (χ1n) is 7.64. The van der Waals surface area contributed by atoms with Crippen molar-refractivity contribution < 1.29 is 4.79 Å². The van der Waals surface area contributed by atoms with Gasteiger partial charge in [-0.1, -0.05) is 42.1 Å². The number of Topliss-reactive ketones (excluding diaryl/α,β-unsaturated/α-hetero) is 1. The molecule has 0 atom stereocenters. The Balaban J connectivity index is 2.14. The zero-order valence-corrected chi connectivity index (χ0v) is 14.3. The average Bonchev–Trinajstić information content (AvgIpc) is 2.72. The van der Waals surface area contributed by atoms with Crippen LogP contribution in [0.25, 0.3) is 0 Å². The topological polar surface area (TPSA) is 20.3 Å². The van der Waals surface area contributed by atoms with E-state index in [1.807, 2.05) is 13.8 Å². The van der Waals surface area contributed by atoms with Gasteiger partial charge in [-0.25, -0.2) is 0 Å². The Kier molecular flexibility index (Phi) is 5.70. The normalized spacial score (nSPS) is 17.5. The standard InChI is InChI=1S/C17H23Cl2NO/c1-17(2,20-10-5-3-4-6-11-20)16(21)12-13-14(18)8-7-9-15(13)19/h7-9H,3-6,10-12H2,1-2H3. The molecule has 0 aliphatic carbocycles. The van der Waals surface area contributed by atoms with Crippen molar-refractivity contribution in [2.75, 3.05) is 13.1 Å². The second-order valence-corrected chi connectivity index (χ2v) is 7.07. The fourth-order valence-corrected chi connectivity index (χ4v) is 3.42. The summed E-state index contributed by atoms with van der Waals surface area (Å²) in [6.07, 6.45) is 5.16. The molecular weight excluding hydrogens is 305 g/mol. The molecule has 0 aromatic heterocycles. The molecule has 1 aromatic carbocycles. The SMILES string of the molecule is CC(C)(C(=O)Cc1c(Cl)cccc1Cl)N1CCCCCC1. The second kappa shape index (κ2) is 7.13. The Bertz CT molecular complexity index is 485. The van der Waals surface area contributed by atoms with Crippen molar-refractivity contribution in [3.63, 3.8) is 0 Å². The lowest BCUT2D eigenvalue weighted by molar-refractivity contribution is -0.128. The van der Waals surface area contributed by atoms with E-state index in [1.54, 1.807) is 18.2 Å². The highest BCUT2D eigenvalue weighted by Gasteiger charge is 2.34. The number of hydrogen-bond acceptors (Lipinski definition) is 2. The molecule has 1 aliphatic heterocycles. The Morgan fingerprint density at radius 1 is 1.10 bits per heavy atom. The molecule has 0 N–H and O–H groups in total. The van der Waals surface area contributed by atoms with Crippen LogP contribution in [0.5, 0.6) is 0 Å². The molecule has 1 fully saturated rings. The van der Waals surface area contributed by atoms with Crippen molar-refractivity contribution in [1.29, 1.82) is 0 Å². The van der Waals surface area contributed by atoms with Gasteiger partial charge in [0.15, 0.2) is 5.78 Å². The van der Waals surface area contributed by atoms with Gasteiger partial charge in [-0.05, 0) is 57.5 Å². The minimum absolute atomic E-state index is 0.180. The van der Waals surface area contributed by atoms with E-state index in [0.29, 0.717) is 16.5 Å². The Morgan fingerprint density at radius 3 is 2.14 bits per heavy atom. The lowest BCUT2D eigenvalue weighted by Gasteiger charge is -2.36. The van der Waals surface area contributed by atoms with Crippen LogP contribution in [-0.2, 0) is 11.2 Å². The molecule has 0 radical (unpaired) electrons. The molecule has 4 heteroatoms. The number of halogens is 2. The fourth-order valence-electron chi connectivity index (χ4n) is 2.88. The third-order valence-electron chi connectivity index (χ3n) is 4.48. The van der Waals surface area contributed by atoms with Gasteiger partial charge in [0, 0.05) is 16.5 Å². The first-order valence-corrected chi connectivity index (χ1v) is 8.40. The summed E-state index contributed by atoms with van der Waals surface area (Å²) >= 11 is 12.4. The quantitative estimate of drug-likeness (QED) is 0.794. The summed E-state index contributed by atoms with van der Waals surface area (Å²) in [7, 11) is 0. The van der Waals surface area contributed by atoms with E-state index in [4.69, 9.17) is 23.2 Å². The van der Waals surface area contributed by atoms with Crippen molar-refractivity contribution in [2.24, 2.45) is 0 Å². The minimum atomic E-state index is -0.465. The largest absolute Gasteiger partial charge is 0.297 e. The maximum absolute atomic E-state index is 12.8. The third kappa shape index (κ3) is 4.00. The maximum atomic E-state index is 12.8. The molecule has 0 spiro atoms. The Hall–Kier alpha value is -0.570. The number of benzene rings is 1. The van der Waals surface area contributed by atoms with Crippen molar-refractivity contribution in [2.45, 2.75) is 51.5 Å². The average molecular weight is 328 g/mol. The number of carbonyl (C=O) groups excluding carboxylic acids is 1. The smallest absolute Gasteiger partial charge is 0.156 e. The summed E-state index contributed by atoms with van der Waals surface area (Å²) < 4.78 is 0. The molecule has 116 valence electrons. The number of carbonyl (C=O) groups is 1. The zero-order valence-electron chi connectivity index (χ0n) is 12.8. The highest BCUT2D eigenvalue weighted by atomic mass is 35.5. The van der Waals surface area contributed by atoms with Gasteiger partial charge in [0.25, 0.3) is 0 Å². The Labute approximate surface area is 137 Å². The number of hydrogen-bond donors (Lipinski definition) is 0. The molecule has 0 amide bonds. The van der Waals surface area contributed by atoms with Gasteiger partial charge >= 0.3 is 0 Å². The van der Waals surface area contributed by atoms with Crippen LogP contribution in [0.1, 0.15) is 45.1 Å². The highest BCUT2D eigenvalue weighted by Crippen LogP contribution is 2.28. The molecule has 1 heterocycles. The Morgan fingerprint density at radius 2 is 1.62 bits per heavy atom. The van der Waals surface area contributed by atoms with Crippen LogP contribution in [0.4, 0.5) is 0 Å². The van der Waals surface area contributed by atoms with Gasteiger partial charge in [0.2, 0.25) is 0 Å². The molecule has 0 unspecified atom stereocenters. The van der Waals surface area contributed by atoms with E-state index in [2.05, 4.69) is 4.90 Å². The van der Waals surface area contributed by atoms with Crippen LogP contribution in [0.3, 0.4) is 0 Å². The molecule has 2 nitrogen and oxygen atoms in total. The van der Waals surface area contributed by atoms with E-state index in [9.17, 15) is 4.79 Å². The summed E-state index contributed by atoms with van der Waals surface area (Å²) in [6, 6.07) is 5.38. The summed E-state index contributed by atoms with van der Waals surface area (Å²) in [6.45, 7) is 6.03. The molecule has 1 aliphatic rings. The monoisotopic (exact) mass is 327 g/mol. The molecule has 0 bridgehead atoms. The van der Waals surface area contributed by atoms with E-state index >= 15 is 0 Å². The zero-order chi connectivity index (χ0) is 15.5. The second-order valence-electron chi connectivity index (χ2n) is 6.26. The maximum Gasteiger partial charge on any atom is 0.156 e. The number of ketones is 1. The van der Waals surface area contributed by atoms with Gasteiger partial charge in [0.05, 0.1) is 5.54 Å². The highest BCUT2D eigenvalue weighted by molar-refractivity contribution is 6.36. The van der Waals surface area contributed by atoms with Crippen molar-refractivity contribution >= 4 is 29.0 Å². The number of nitrogens with zero attached hydrogens (tertiary/aromatic N) is 1. The molecule has 21 heavy (non-hydrogen) atoms. The summed E-state index contributed by atoms with van der Waals surface area (Å²) in [5.74, 6) is 0.180. The summed E-state index contributed by atoms with van der Waals surface area (Å²) in [4.78, 5) is 15.1. The van der Waals surface area contributed by atoms with Gasteiger partial charge in [0.1, 0.15) is 0 Å². The molecule has 2 rings (SSSR count). The van der Waals surface area contributed by atoms with Gasteiger partial charge < -0.3 is 0 Å².